The first-order valence-corrected chi connectivity index (χ1v) is 31.5. The lowest BCUT2D eigenvalue weighted by atomic mass is 9.81. The van der Waals surface area contributed by atoms with Crippen LogP contribution in [0, 0.1) is 0 Å². The van der Waals surface area contributed by atoms with Crippen LogP contribution in [0.25, 0.3) is 101 Å². The third-order valence-electron chi connectivity index (χ3n) is 19.2. The molecule has 16 rings (SSSR count). The Balaban J connectivity index is 0.655. The Labute approximate surface area is 528 Å². The average molecular weight is 1150 g/mol. The molecule has 0 bridgehead atoms. The molecule has 0 aromatic heterocycles. The quantitative estimate of drug-likeness (QED) is 0.0889. The molecule has 428 valence electrons. The van der Waals surface area contributed by atoms with Crippen molar-refractivity contribution in [1.29, 1.82) is 0 Å². The van der Waals surface area contributed by atoms with Gasteiger partial charge in [-0.1, -0.05) is 270 Å². The van der Waals surface area contributed by atoms with Crippen molar-refractivity contribution < 1.29 is 0 Å². The van der Waals surface area contributed by atoms with Crippen molar-refractivity contribution in [2.24, 2.45) is 0 Å². The Morgan fingerprint density at radius 1 is 0.211 bits per heavy atom. The van der Waals surface area contributed by atoms with Gasteiger partial charge in [-0.15, -0.1) is 0 Å². The highest BCUT2D eigenvalue weighted by Crippen LogP contribution is 2.53. The second-order valence-corrected chi connectivity index (χ2v) is 25.3. The summed E-state index contributed by atoms with van der Waals surface area (Å²) in [5.74, 6) is 0. The van der Waals surface area contributed by atoms with Crippen molar-refractivity contribution in [3.05, 3.63) is 348 Å². The maximum absolute atomic E-state index is 2.42. The maximum Gasteiger partial charge on any atom is 0.0465 e. The molecule has 0 fully saturated rings. The van der Waals surface area contributed by atoms with E-state index in [9.17, 15) is 0 Å². The molecule has 0 unspecified atom stereocenters. The van der Waals surface area contributed by atoms with Crippen molar-refractivity contribution >= 4 is 90.7 Å². The van der Waals surface area contributed by atoms with Gasteiger partial charge in [0, 0.05) is 45.0 Å². The molecule has 90 heavy (non-hydrogen) atoms. The second-order valence-electron chi connectivity index (χ2n) is 25.3. The van der Waals surface area contributed by atoms with Gasteiger partial charge in [0.1, 0.15) is 0 Å². The molecular formula is C88H66N2. The largest absolute Gasteiger partial charge is 0.310 e. The van der Waals surface area contributed by atoms with Gasteiger partial charge in [-0.2, -0.15) is 0 Å². The molecule has 2 nitrogen and oxygen atoms in total. The number of hydrogen-bond acceptors (Lipinski definition) is 2. The fraction of sp³-hybridized carbons (Fsp3) is 0.0682. The van der Waals surface area contributed by atoms with Crippen LogP contribution in [0.5, 0.6) is 0 Å². The van der Waals surface area contributed by atoms with Crippen LogP contribution in [0.3, 0.4) is 0 Å². The Kier molecular flexibility index (Phi) is 13.3. The molecule has 2 heteroatoms. The first-order chi connectivity index (χ1) is 44.1. The SMILES string of the molecule is CC1(C)c2cc(C=Cc3ccc4c5ccc(C=Cc6ccc7c(c6)C(C)(C)c6cc(N(c8ccccc8)c8ccc(-c9ccccc9)cc8)ccc6-7)cc5c5ccccc5c4c3)ccc2-c2ccc(N(c3ccccc3)c3ccc(-c4ccccc4)cc3)cc21. The van der Waals surface area contributed by atoms with Gasteiger partial charge in [0.15, 0.2) is 0 Å². The predicted molar refractivity (Wildman–Crippen MR) is 385 cm³/mol. The molecular weight excluding hydrogens is 1080 g/mol. The highest BCUT2D eigenvalue weighted by atomic mass is 15.1. The third kappa shape index (κ3) is 9.52. The number of fused-ring (bicyclic) bond motifs is 12. The molecule has 0 amide bonds. The number of rotatable bonds is 12. The molecule has 0 aliphatic heterocycles. The molecule has 0 spiro atoms. The van der Waals surface area contributed by atoms with E-state index in [0.29, 0.717) is 0 Å². The van der Waals surface area contributed by atoms with Crippen molar-refractivity contribution in [2.45, 2.75) is 38.5 Å². The minimum absolute atomic E-state index is 0.202. The lowest BCUT2D eigenvalue weighted by molar-refractivity contribution is 0.660. The molecule has 0 heterocycles. The Hall–Kier alpha value is -11.1. The van der Waals surface area contributed by atoms with Gasteiger partial charge in [-0.3, -0.25) is 0 Å². The average Bonchev–Trinajstić information content (AvgIpc) is 1.54. The number of benzene rings is 14. The van der Waals surface area contributed by atoms with E-state index in [1.807, 2.05) is 0 Å². The summed E-state index contributed by atoms with van der Waals surface area (Å²) >= 11 is 0. The molecule has 0 radical (unpaired) electrons. The van der Waals surface area contributed by atoms with Crippen LogP contribution < -0.4 is 9.80 Å². The minimum Gasteiger partial charge on any atom is -0.310 e. The summed E-state index contributed by atoms with van der Waals surface area (Å²) in [5, 5.41) is 7.58. The van der Waals surface area contributed by atoms with Gasteiger partial charge >= 0.3 is 0 Å². The highest BCUT2D eigenvalue weighted by molar-refractivity contribution is 6.26. The Bertz CT molecular complexity index is 4790. The summed E-state index contributed by atoms with van der Waals surface area (Å²) in [7, 11) is 0. The van der Waals surface area contributed by atoms with Crippen LogP contribution >= 0.6 is 0 Å². The number of nitrogens with zero attached hydrogens (tertiary/aromatic N) is 2. The summed E-state index contributed by atoms with van der Waals surface area (Å²) in [4.78, 5) is 4.76. The van der Waals surface area contributed by atoms with Gasteiger partial charge in [-0.25, -0.2) is 0 Å². The second kappa shape index (κ2) is 22.0. The van der Waals surface area contributed by atoms with E-state index in [4.69, 9.17) is 0 Å². The fourth-order valence-electron chi connectivity index (χ4n) is 14.5. The van der Waals surface area contributed by atoms with E-state index in [0.717, 1.165) is 34.1 Å². The first kappa shape index (κ1) is 54.3. The topological polar surface area (TPSA) is 6.48 Å². The van der Waals surface area contributed by atoms with Gasteiger partial charge in [0.2, 0.25) is 0 Å². The van der Waals surface area contributed by atoms with E-state index in [-0.39, 0.29) is 10.8 Å². The normalized spacial score (nSPS) is 13.4. The van der Waals surface area contributed by atoms with Crippen LogP contribution in [0.1, 0.15) is 72.2 Å². The maximum atomic E-state index is 2.42. The smallest absolute Gasteiger partial charge is 0.0465 e. The first-order valence-electron chi connectivity index (χ1n) is 31.5. The zero-order valence-corrected chi connectivity index (χ0v) is 51.1. The van der Waals surface area contributed by atoms with Crippen LogP contribution in [-0.2, 0) is 10.8 Å². The number of hydrogen-bond donors (Lipinski definition) is 0. The molecule has 0 atom stereocenters. The van der Waals surface area contributed by atoms with Crippen LogP contribution in [0.2, 0.25) is 0 Å². The summed E-state index contributed by atoms with van der Waals surface area (Å²) in [6.45, 7) is 9.52. The van der Waals surface area contributed by atoms with Gasteiger partial charge < -0.3 is 9.80 Å². The summed E-state index contributed by atoms with van der Waals surface area (Å²) in [6, 6.07) is 112. The Morgan fingerprint density at radius 3 is 0.856 bits per heavy atom. The van der Waals surface area contributed by atoms with Crippen LogP contribution in [0.15, 0.2) is 303 Å². The van der Waals surface area contributed by atoms with E-state index in [1.54, 1.807) is 0 Å². The predicted octanol–water partition coefficient (Wildman–Crippen LogP) is 24.4. The molecule has 0 saturated carbocycles. The van der Waals surface area contributed by atoms with E-state index < -0.39 is 0 Å². The van der Waals surface area contributed by atoms with E-state index in [1.165, 1.54) is 121 Å². The molecule has 14 aromatic rings. The zero-order valence-electron chi connectivity index (χ0n) is 51.1. The summed E-state index contributed by atoms with van der Waals surface area (Å²) in [5.41, 5.74) is 26.6. The number of anilines is 6. The summed E-state index contributed by atoms with van der Waals surface area (Å²) in [6.07, 6.45) is 9.14. The lowest BCUT2D eigenvalue weighted by Crippen LogP contribution is -2.16. The van der Waals surface area contributed by atoms with Crippen molar-refractivity contribution in [3.8, 4) is 44.5 Å². The standard InChI is InChI=1S/C88H66N2/c1-87(2)83-55-61(35-49-77(83)79-51-45-71(57-85(79)87)89(67-23-13-7-14-24-67)69-41-37-65(38-42-69)63-19-9-5-10-20-63)31-29-59-33-47-75-76-48-34-60(54-82(76)74-28-18-17-27-73(74)81(75)53-59)30-32-62-36-50-78-80-52-46-72(58-86(80)88(3,4)84(78)56-62)90(68-25-15-8-16-26-68)70-43-39-66(40-44-70)64-21-11-6-12-22-64/h5-58H,1-4H3. The number of para-hydroxylation sites is 2. The zero-order chi connectivity index (χ0) is 60.5. The summed E-state index contributed by atoms with van der Waals surface area (Å²) < 4.78 is 0. The molecule has 0 saturated heterocycles. The van der Waals surface area contributed by atoms with E-state index >= 15 is 0 Å². The molecule has 2 aliphatic carbocycles. The fourth-order valence-corrected chi connectivity index (χ4v) is 14.5. The molecule has 2 aliphatic rings. The van der Waals surface area contributed by atoms with Crippen molar-refractivity contribution in [2.75, 3.05) is 9.80 Å². The molecule has 14 aromatic carbocycles. The van der Waals surface area contributed by atoms with Crippen LogP contribution in [0.4, 0.5) is 34.1 Å². The van der Waals surface area contributed by atoms with Gasteiger partial charge in [0.25, 0.3) is 0 Å². The highest BCUT2D eigenvalue weighted by Gasteiger charge is 2.38. The minimum atomic E-state index is -0.202. The molecule has 0 N–H and O–H groups in total. The van der Waals surface area contributed by atoms with E-state index in [2.05, 4.69) is 365 Å². The van der Waals surface area contributed by atoms with Crippen molar-refractivity contribution in [3.63, 3.8) is 0 Å². The Morgan fingerprint density at radius 2 is 0.478 bits per heavy atom. The van der Waals surface area contributed by atoms with Gasteiger partial charge in [-0.05, 0) is 206 Å². The van der Waals surface area contributed by atoms with Gasteiger partial charge in [0.05, 0.1) is 0 Å². The lowest BCUT2D eigenvalue weighted by Gasteiger charge is -2.28. The monoisotopic (exact) mass is 1150 g/mol. The van der Waals surface area contributed by atoms with Crippen LogP contribution in [-0.4, -0.2) is 0 Å². The van der Waals surface area contributed by atoms with Crippen molar-refractivity contribution in [1.82, 2.24) is 0 Å². The third-order valence-corrected chi connectivity index (χ3v) is 19.2.